The predicted octanol–water partition coefficient (Wildman–Crippen LogP) is 3.05. The number of nitrogens with zero attached hydrogens (tertiary/aromatic N) is 2. The van der Waals surface area contributed by atoms with Crippen molar-refractivity contribution < 1.29 is 19.1 Å². The molecule has 1 fully saturated rings. The summed E-state index contributed by atoms with van der Waals surface area (Å²) in [5.74, 6) is 0.0526. The van der Waals surface area contributed by atoms with Gasteiger partial charge >= 0.3 is 6.09 Å². The van der Waals surface area contributed by atoms with E-state index in [9.17, 15) is 14.4 Å². The highest BCUT2D eigenvalue weighted by molar-refractivity contribution is 5.91. The molecule has 0 aromatic rings. The zero-order valence-corrected chi connectivity index (χ0v) is 23.4. The van der Waals surface area contributed by atoms with Crippen LogP contribution in [0.2, 0.25) is 0 Å². The van der Waals surface area contributed by atoms with Crippen molar-refractivity contribution in [3.63, 3.8) is 0 Å². The Hall–Kier alpha value is -2.52. The summed E-state index contributed by atoms with van der Waals surface area (Å²) >= 11 is 0. The average Bonchev–Trinajstić information content (AvgIpc) is 2.81. The zero-order chi connectivity index (χ0) is 27.2. The van der Waals surface area contributed by atoms with Crippen LogP contribution in [0.5, 0.6) is 0 Å². The van der Waals surface area contributed by atoms with E-state index in [-0.39, 0.29) is 23.9 Å². The molecule has 5 N–H and O–H groups in total. The molecule has 1 saturated heterocycles. The fourth-order valence-corrected chi connectivity index (χ4v) is 4.28. The van der Waals surface area contributed by atoms with E-state index >= 15 is 0 Å². The number of carbonyl (C=O) groups excluding carboxylic acids is 3. The van der Waals surface area contributed by atoms with Gasteiger partial charge < -0.3 is 31.3 Å². The molecular weight excluding hydrogens is 460 g/mol. The van der Waals surface area contributed by atoms with Crippen molar-refractivity contribution in [1.29, 1.82) is 0 Å². The van der Waals surface area contributed by atoms with E-state index in [1.54, 1.807) is 11.9 Å². The van der Waals surface area contributed by atoms with Gasteiger partial charge in [0.25, 0.3) is 0 Å². The first-order chi connectivity index (χ1) is 17.0. The average molecular weight is 511 g/mol. The number of aliphatic imine (C=N–C) groups is 1. The lowest BCUT2D eigenvalue weighted by molar-refractivity contribution is -0.134. The molecule has 10 nitrogen and oxygen atoms in total. The van der Waals surface area contributed by atoms with Gasteiger partial charge in [-0.15, -0.1) is 0 Å². The first-order valence-electron chi connectivity index (χ1n) is 13.5. The third-order valence-electron chi connectivity index (χ3n) is 6.56. The minimum absolute atomic E-state index is 0.0887. The summed E-state index contributed by atoms with van der Waals surface area (Å²) < 4.78 is 5.68. The molecule has 208 valence electrons. The summed E-state index contributed by atoms with van der Waals surface area (Å²) in [7, 11) is 1.62. The van der Waals surface area contributed by atoms with E-state index in [4.69, 9.17) is 10.5 Å². The van der Waals surface area contributed by atoms with Gasteiger partial charge in [0, 0.05) is 39.1 Å². The lowest BCUT2D eigenvalue weighted by atomic mass is 9.90. The smallest absolute Gasteiger partial charge is 0.410 e. The van der Waals surface area contributed by atoms with Gasteiger partial charge in [0.2, 0.25) is 11.8 Å². The maximum Gasteiger partial charge on any atom is 0.410 e. The third kappa shape index (κ3) is 11.5. The number of guanidine groups is 1. The normalized spacial score (nSPS) is 21.0. The Labute approximate surface area is 217 Å². The molecule has 1 rings (SSSR count). The lowest BCUT2D eigenvalue weighted by Gasteiger charge is -2.35. The molecule has 10 heteroatoms. The molecule has 0 spiro atoms. The van der Waals surface area contributed by atoms with Gasteiger partial charge in [0.1, 0.15) is 11.1 Å². The van der Waals surface area contributed by atoms with Crippen LogP contribution in [0.15, 0.2) is 4.99 Å². The first kappa shape index (κ1) is 31.5. The Kier molecular flexibility index (Phi) is 13.6. The number of carbonyl (C=O) groups is 3. The largest absolute Gasteiger partial charge is 0.444 e. The highest BCUT2D eigenvalue weighted by Gasteiger charge is 2.38. The fraction of sp³-hybridized carbons (Fsp3) is 0.846. The molecule has 36 heavy (non-hydrogen) atoms. The second-order valence-corrected chi connectivity index (χ2v) is 10.6. The van der Waals surface area contributed by atoms with Crippen LogP contribution in [-0.2, 0) is 14.3 Å². The maximum absolute atomic E-state index is 13.6. The van der Waals surface area contributed by atoms with E-state index in [0.717, 1.165) is 32.1 Å². The number of hydrogen-bond donors (Lipinski definition) is 4. The highest BCUT2D eigenvalue weighted by Crippen LogP contribution is 2.19. The molecule has 0 bridgehead atoms. The van der Waals surface area contributed by atoms with E-state index in [0.29, 0.717) is 57.7 Å². The van der Waals surface area contributed by atoms with Gasteiger partial charge in [-0.3, -0.25) is 14.6 Å². The van der Waals surface area contributed by atoms with Gasteiger partial charge in [-0.2, -0.15) is 0 Å². The molecule has 0 aromatic heterocycles. The summed E-state index contributed by atoms with van der Waals surface area (Å²) in [5, 5.41) is 9.22. The fourth-order valence-electron chi connectivity index (χ4n) is 4.28. The molecule has 1 heterocycles. The quantitative estimate of drug-likeness (QED) is 0.246. The number of ether oxygens (including phenoxy) is 1. The van der Waals surface area contributed by atoms with Gasteiger partial charge in [-0.1, -0.05) is 33.1 Å². The van der Waals surface area contributed by atoms with Crippen LogP contribution >= 0.6 is 0 Å². The van der Waals surface area contributed by atoms with E-state index in [1.165, 1.54) is 0 Å². The van der Waals surface area contributed by atoms with Crippen molar-refractivity contribution in [1.82, 2.24) is 20.9 Å². The van der Waals surface area contributed by atoms with Gasteiger partial charge in [-0.05, 0) is 59.3 Å². The van der Waals surface area contributed by atoms with Gasteiger partial charge in [-0.25, -0.2) is 4.79 Å². The summed E-state index contributed by atoms with van der Waals surface area (Å²) in [6, 6.07) is -0.314. The number of amides is 3. The van der Waals surface area contributed by atoms with Crippen molar-refractivity contribution >= 4 is 23.9 Å². The Balaban J connectivity index is 3.18. The van der Waals surface area contributed by atoms with Crippen molar-refractivity contribution in [3.8, 4) is 0 Å². The number of hydrogen-bond acceptors (Lipinski definition) is 5. The van der Waals surface area contributed by atoms with Crippen LogP contribution in [0, 0.1) is 0 Å². The molecular formula is C26H50N6O4. The van der Waals surface area contributed by atoms with Crippen molar-refractivity contribution in [2.75, 3.05) is 26.7 Å². The Morgan fingerprint density at radius 1 is 1.17 bits per heavy atom. The molecule has 3 amide bonds. The third-order valence-corrected chi connectivity index (χ3v) is 6.56. The van der Waals surface area contributed by atoms with Gasteiger partial charge in [0.05, 0.1) is 0 Å². The highest BCUT2D eigenvalue weighted by atomic mass is 16.6. The molecule has 0 unspecified atom stereocenters. The van der Waals surface area contributed by atoms with Crippen LogP contribution in [0.3, 0.4) is 0 Å². The molecule has 0 aliphatic carbocycles. The molecule has 0 saturated carbocycles. The van der Waals surface area contributed by atoms with Crippen LogP contribution < -0.4 is 21.7 Å². The Morgan fingerprint density at radius 3 is 2.42 bits per heavy atom. The second kappa shape index (κ2) is 15.6. The maximum atomic E-state index is 13.6. The number of nitrogens with one attached hydrogen (secondary N) is 3. The van der Waals surface area contributed by atoms with Crippen LogP contribution in [0.4, 0.5) is 4.79 Å². The van der Waals surface area contributed by atoms with E-state index < -0.39 is 11.1 Å². The van der Waals surface area contributed by atoms with Crippen LogP contribution in [-0.4, -0.2) is 72.6 Å². The topological polar surface area (TPSA) is 138 Å². The van der Waals surface area contributed by atoms with Crippen molar-refractivity contribution in [2.45, 2.75) is 116 Å². The van der Waals surface area contributed by atoms with Gasteiger partial charge in [0.15, 0.2) is 5.96 Å². The second-order valence-electron chi connectivity index (χ2n) is 10.6. The van der Waals surface area contributed by atoms with Crippen LogP contribution in [0.25, 0.3) is 0 Å². The zero-order valence-electron chi connectivity index (χ0n) is 23.4. The first-order valence-corrected chi connectivity index (χ1v) is 13.5. The Morgan fingerprint density at radius 2 is 1.81 bits per heavy atom. The number of nitrogens with two attached hydrogens (primary N) is 1. The van der Waals surface area contributed by atoms with Crippen molar-refractivity contribution in [3.05, 3.63) is 0 Å². The molecule has 1 aliphatic heterocycles. The summed E-state index contributed by atoms with van der Waals surface area (Å²) in [6.07, 6.45) is 6.84. The van der Waals surface area contributed by atoms with E-state index in [2.05, 4.69) is 20.9 Å². The number of rotatable bonds is 6. The molecule has 1 aliphatic rings. The Bertz CT molecular complexity index is 730. The molecule has 0 radical (unpaired) electrons. The molecule has 0 aromatic carbocycles. The standard InChI is InChI=1S/C26H50N6O4/c1-7-26(8-2)22(34)30-20(15-14-17-29-23(27)28-6)19-32(24(35)36-25(3,4)5)18-13-11-9-10-12-16-21(33)31-26/h20H,7-19H2,1-6H3,(H,30,34)(H,31,33)(H3,27,28,29)/t20-/m0/s1. The summed E-state index contributed by atoms with van der Waals surface area (Å²) in [4.78, 5) is 44.9. The van der Waals surface area contributed by atoms with Crippen molar-refractivity contribution in [2.24, 2.45) is 10.7 Å². The minimum atomic E-state index is -0.982. The van der Waals surface area contributed by atoms with Crippen LogP contribution in [0.1, 0.15) is 98.8 Å². The predicted molar refractivity (Wildman–Crippen MR) is 144 cm³/mol. The monoisotopic (exact) mass is 510 g/mol. The summed E-state index contributed by atoms with van der Waals surface area (Å²) in [6.45, 7) is 10.8. The molecule has 1 atom stereocenters. The summed E-state index contributed by atoms with van der Waals surface area (Å²) in [5.41, 5.74) is 4.14. The minimum Gasteiger partial charge on any atom is -0.444 e. The SMILES string of the molecule is CCC1(CC)NC(=O)CCCCCCCN(C(=O)OC(C)(C)C)C[C@H](CCCNC(N)=NC)NC1=O. The van der Waals surface area contributed by atoms with E-state index in [1.807, 2.05) is 34.6 Å². The lowest BCUT2D eigenvalue weighted by Crippen LogP contribution is -2.61.